The summed E-state index contributed by atoms with van der Waals surface area (Å²) in [4.78, 5) is 29.6. The molecule has 0 saturated carbocycles. The predicted molar refractivity (Wildman–Crippen MR) is 114 cm³/mol. The summed E-state index contributed by atoms with van der Waals surface area (Å²) in [6.45, 7) is 3.49. The van der Waals surface area contributed by atoms with Gasteiger partial charge in [-0.15, -0.1) is 0 Å². The minimum Gasteiger partial charge on any atom is -0.299 e. The molecule has 2 aliphatic heterocycles. The zero-order chi connectivity index (χ0) is 19.8. The monoisotopic (exact) mass is 384 g/mol. The molecule has 0 N–H and O–H groups in total. The highest BCUT2D eigenvalue weighted by Gasteiger charge is 2.35. The Morgan fingerprint density at radius 2 is 1.24 bits per heavy atom. The topological polar surface area (TPSA) is 40.6 Å². The van der Waals surface area contributed by atoms with Gasteiger partial charge in [0, 0.05) is 6.54 Å². The molecule has 2 aliphatic rings. The molecular weight excluding hydrogens is 360 g/mol. The molecule has 0 atom stereocenters. The van der Waals surface area contributed by atoms with Gasteiger partial charge in [-0.2, -0.15) is 0 Å². The minimum absolute atomic E-state index is 0.198. The molecule has 5 rings (SSSR count). The van der Waals surface area contributed by atoms with Crippen LogP contribution in [0.3, 0.4) is 0 Å². The highest BCUT2D eigenvalue weighted by molar-refractivity contribution is 6.21. The van der Waals surface area contributed by atoms with Gasteiger partial charge < -0.3 is 0 Å². The Bertz CT molecular complexity index is 1060. The fraction of sp³-hybridized carbons (Fsp3) is 0.280. The molecule has 29 heavy (non-hydrogen) atoms. The van der Waals surface area contributed by atoms with Crippen molar-refractivity contribution in [2.45, 2.75) is 32.4 Å². The first-order chi connectivity index (χ1) is 14.2. The van der Waals surface area contributed by atoms with E-state index in [9.17, 15) is 9.59 Å². The molecule has 0 radical (unpaired) electrons. The molecule has 4 heteroatoms. The van der Waals surface area contributed by atoms with Crippen LogP contribution in [0, 0.1) is 0 Å². The number of imide groups is 1. The molecule has 0 aromatic heterocycles. The maximum Gasteiger partial charge on any atom is 0.261 e. The maximum atomic E-state index is 12.8. The molecule has 0 spiro atoms. The standard InChI is InChI=1S/C25H24N2O2/c28-24-21-12-2-3-13-22(21)25(29)27(24)17-20-11-7-9-18-8-6-10-19(23(18)20)16-26-14-4-1-5-15-26/h2-3,6-13H,1,4-5,14-17H2. The fourth-order valence-electron chi connectivity index (χ4n) is 4.68. The molecular formula is C25H24N2O2. The molecule has 0 unspecified atom stereocenters. The molecule has 3 aromatic carbocycles. The number of fused-ring (bicyclic) bond motifs is 2. The average molecular weight is 384 g/mol. The van der Waals surface area contributed by atoms with E-state index in [2.05, 4.69) is 29.2 Å². The van der Waals surface area contributed by atoms with Crippen molar-refractivity contribution in [3.8, 4) is 0 Å². The second-order valence-electron chi connectivity index (χ2n) is 8.01. The molecule has 2 heterocycles. The van der Waals surface area contributed by atoms with Gasteiger partial charge in [-0.3, -0.25) is 19.4 Å². The Kier molecular flexibility index (Phi) is 4.64. The van der Waals surface area contributed by atoms with Crippen molar-refractivity contribution in [1.29, 1.82) is 0 Å². The molecule has 1 saturated heterocycles. The van der Waals surface area contributed by atoms with Gasteiger partial charge >= 0.3 is 0 Å². The van der Waals surface area contributed by atoms with Gasteiger partial charge in [-0.25, -0.2) is 0 Å². The summed E-state index contributed by atoms with van der Waals surface area (Å²) in [6.07, 6.45) is 3.83. The first-order valence-corrected chi connectivity index (χ1v) is 10.4. The number of hydrogen-bond donors (Lipinski definition) is 0. The van der Waals surface area contributed by atoms with E-state index >= 15 is 0 Å². The molecule has 146 valence electrons. The van der Waals surface area contributed by atoms with Gasteiger partial charge in [-0.05, 0) is 60.0 Å². The van der Waals surface area contributed by atoms with Crippen molar-refractivity contribution >= 4 is 22.6 Å². The van der Waals surface area contributed by atoms with E-state index in [-0.39, 0.29) is 11.8 Å². The lowest BCUT2D eigenvalue weighted by Gasteiger charge is -2.27. The third-order valence-electron chi connectivity index (χ3n) is 6.13. The lowest BCUT2D eigenvalue weighted by Crippen LogP contribution is -2.30. The molecule has 0 bridgehead atoms. The van der Waals surface area contributed by atoms with Crippen LogP contribution in [0.1, 0.15) is 51.1 Å². The summed E-state index contributed by atoms with van der Waals surface area (Å²) in [5.41, 5.74) is 3.32. The second kappa shape index (κ2) is 7.45. The average Bonchev–Trinajstić information content (AvgIpc) is 3.00. The van der Waals surface area contributed by atoms with Crippen LogP contribution in [-0.2, 0) is 13.1 Å². The zero-order valence-electron chi connectivity index (χ0n) is 16.4. The van der Waals surface area contributed by atoms with Gasteiger partial charge in [0.15, 0.2) is 0 Å². The number of nitrogens with zero attached hydrogens (tertiary/aromatic N) is 2. The summed E-state index contributed by atoms with van der Waals surface area (Å²) in [7, 11) is 0. The number of amides is 2. The SMILES string of the molecule is O=C1c2ccccc2C(=O)N1Cc1cccc2cccc(CN3CCCCC3)c12. The van der Waals surface area contributed by atoms with E-state index in [1.165, 1.54) is 35.1 Å². The molecule has 0 aliphatic carbocycles. The van der Waals surface area contributed by atoms with Crippen molar-refractivity contribution in [2.75, 3.05) is 13.1 Å². The first kappa shape index (κ1) is 18.1. The van der Waals surface area contributed by atoms with Gasteiger partial charge in [0.2, 0.25) is 0 Å². The number of rotatable bonds is 4. The van der Waals surface area contributed by atoms with Crippen molar-refractivity contribution in [2.24, 2.45) is 0 Å². The molecule has 3 aromatic rings. The largest absolute Gasteiger partial charge is 0.299 e. The van der Waals surface area contributed by atoms with E-state index in [1.807, 2.05) is 24.3 Å². The second-order valence-corrected chi connectivity index (χ2v) is 8.01. The van der Waals surface area contributed by atoms with Crippen LogP contribution in [0.5, 0.6) is 0 Å². The quantitative estimate of drug-likeness (QED) is 0.616. The van der Waals surface area contributed by atoms with Crippen molar-refractivity contribution in [3.05, 3.63) is 82.9 Å². The molecule has 4 nitrogen and oxygen atoms in total. The number of carbonyl (C=O) groups excluding carboxylic acids is 2. The first-order valence-electron chi connectivity index (χ1n) is 10.4. The Balaban J connectivity index is 1.51. The van der Waals surface area contributed by atoms with Crippen molar-refractivity contribution in [1.82, 2.24) is 9.80 Å². The smallest absolute Gasteiger partial charge is 0.261 e. The van der Waals surface area contributed by atoms with Crippen LogP contribution in [0.2, 0.25) is 0 Å². The Morgan fingerprint density at radius 3 is 1.86 bits per heavy atom. The van der Waals surface area contributed by atoms with Crippen LogP contribution in [0.4, 0.5) is 0 Å². The summed E-state index contributed by atoms with van der Waals surface area (Å²) >= 11 is 0. The summed E-state index contributed by atoms with van der Waals surface area (Å²) in [5.74, 6) is -0.396. The Labute approximate surface area is 170 Å². The summed E-state index contributed by atoms with van der Waals surface area (Å²) in [5, 5.41) is 2.34. The van der Waals surface area contributed by atoms with E-state index < -0.39 is 0 Å². The highest BCUT2D eigenvalue weighted by atomic mass is 16.2. The molecule has 2 amide bonds. The summed E-state index contributed by atoms with van der Waals surface area (Å²) < 4.78 is 0. The fourth-order valence-corrected chi connectivity index (χ4v) is 4.68. The van der Waals surface area contributed by atoms with E-state index in [0.717, 1.165) is 30.6 Å². The third-order valence-corrected chi connectivity index (χ3v) is 6.13. The van der Waals surface area contributed by atoms with Crippen LogP contribution in [0.15, 0.2) is 60.7 Å². The van der Waals surface area contributed by atoms with Crippen molar-refractivity contribution in [3.63, 3.8) is 0 Å². The zero-order valence-corrected chi connectivity index (χ0v) is 16.4. The van der Waals surface area contributed by atoms with Gasteiger partial charge in [0.1, 0.15) is 0 Å². The summed E-state index contributed by atoms with van der Waals surface area (Å²) in [6, 6.07) is 19.7. The highest BCUT2D eigenvalue weighted by Crippen LogP contribution is 2.29. The van der Waals surface area contributed by atoms with Crippen molar-refractivity contribution < 1.29 is 9.59 Å². The van der Waals surface area contributed by atoms with E-state index in [1.54, 1.807) is 12.1 Å². The number of hydrogen-bond acceptors (Lipinski definition) is 3. The Morgan fingerprint density at radius 1 is 0.655 bits per heavy atom. The van der Waals surface area contributed by atoms with E-state index in [4.69, 9.17) is 0 Å². The number of piperidine rings is 1. The predicted octanol–water partition coefficient (Wildman–Crippen LogP) is 4.62. The van der Waals surface area contributed by atoms with Crippen LogP contribution >= 0.6 is 0 Å². The van der Waals surface area contributed by atoms with Gasteiger partial charge in [0.25, 0.3) is 11.8 Å². The van der Waals surface area contributed by atoms with Gasteiger partial charge in [-0.1, -0.05) is 55.0 Å². The lowest BCUT2D eigenvalue weighted by molar-refractivity contribution is 0.0643. The Hall–Kier alpha value is -2.98. The van der Waals surface area contributed by atoms with Gasteiger partial charge in [0.05, 0.1) is 17.7 Å². The minimum atomic E-state index is -0.198. The lowest BCUT2D eigenvalue weighted by atomic mass is 9.98. The number of likely N-dealkylation sites (tertiary alicyclic amines) is 1. The van der Waals surface area contributed by atoms with Crippen LogP contribution in [0.25, 0.3) is 10.8 Å². The normalized spacial score (nSPS) is 17.2. The number of carbonyl (C=O) groups is 2. The van der Waals surface area contributed by atoms with E-state index in [0.29, 0.717) is 17.7 Å². The maximum absolute atomic E-state index is 12.8. The molecule has 1 fully saturated rings. The van der Waals surface area contributed by atoms with Crippen LogP contribution < -0.4 is 0 Å². The van der Waals surface area contributed by atoms with Crippen LogP contribution in [-0.4, -0.2) is 34.7 Å². The number of benzene rings is 3. The third kappa shape index (κ3) is 3.23.